The highest BCUT2D eigenvalue weighted by Crippen LogP contribution is 2.38. The van der Waals surface area contributed by atoms with Gasteiger partial charge >= 0.3 is 0 Å². The molecule has 1 saturated carbocycles. The first-order valence-electron chi connectivity index (χ1n) is 6.24. The Hall–Kier alpha value is -0.880. The smallest absolute Gasteiger partial charge is 0.145 e. The molecule has 100 valence electrons. The molecule has 1 aliphatic carbocycles. The summed E-state index contributed by atoms with van der Waals surface area (Å²) in [5.41, 5.74) is 0.0181. The minimum Gasteiger partial charge on any atom is -0.396 e. The highest BCUT2D eigenvalue weighted by molar-refractivity contribution is 9.10. The Kier molecular flexibility index (Phi) is 4.40. The van der Waals surface area contributed by atoms with Crippen LogP contribution in [0.25, 0.3) is 0 Å². The van der Waals surface area contributed by atoms with Crippen LogP contribution in [0, 0.1) is 5.41 Å². The maximum atomic E-state index is 9.57. The molecule has 18 heavy (non-hydrogen) atoms. The summed E-state index contributed by atoms with van der Waals surface area (Å²) in [7, 11) is 1.82. The number of aliphatic hydroxyl groups excluding tert-OH is 1. The first kappa shape index (κ1) is 13.5. The SMILES string of the molecule is CNc1ncnc(NCC2(CO)CCCC2)c1Br. The van der Waals surface area contributed by atoms with E-state index in [9.17, 15) is 5.11 Å². The zero-order valence-electron chi connectivity index (χ0n) is 10.5. The Morgan fingerprint density at radius 3 is 2.61 bits per heavy atom. The number of nitrogens with zero attached hydrogens (tertiary/aromatic N) is 2. The molecule has 1 fully saturated rings. The van der Waals surface area contributed by atoms with E-state index in [1.165, 1.54) is 19.2 Å². The summed E-state index contributed by atoms with van der Waals surface area (Å²) in [6.07, 6.45) is 6.10. The quantitative estimate of drug-likeness (QED) is 0.777. The molecule has 1 aromatic heterocycles. The molecule has 0 saturated heterocycles. The monoisotopic (exact) mass is 314 g/mol. The van der Waals surface area contributed by atoms with Gasteiger partial charge in [0.15, 0.2) is 0 Å². The molecular weight excluding hydrogens is 296 g/mol. The molecule has 0 unspecified atom stereocenters. The number of aliphatic hydroxyl groups is 1. The fraction of sp³-hybridized carbons (Fsp3) is 0.667. The molecule has 0 amide bonds. The van der Waals surface area contributed by atoms with Crippen LogP contribution in [0.1, 0.15) is 25.7 Å². The first-order valence-corrected chi connectivity index (χ1v) is 7.03. The van der Waals surface area contributed by atoms with E-state index in [1.54, 1.807) is 0 Å². The van der Waals surface area contributed by atoms with E-state index in [0.717, 1.165) is 35.5 Å². The lowest BCUT2D eigenvalue weighted by molar-refractivity contribution is 0.142. The van der Waals surface area contributed by atoms with Crippen molar-refractivity contribution in [3.63, 3.8) is 0 Å². The van der Waals surface area contributed by atoms with Gasteiger partial charge in [-0.1, -0.05) is 12.8 Å². The van der Waals surface area contributed by atoms with Crippen molar-refractivity contribution in [2.45, 2.75) is 25.7 Å². The minimum absolute atomic E-state index is 0.0181. The summed E-state index contributed by atoms with van der Waals surface area (Å²) in [6, 6.07) is 0. The van der Waals surface area contributed by atoms with Crippen LogP contribution in [0.2, 0.25) is 0 Å². The number of hydrogen-bond donors (Lipinski definition) is 3. The zero-order chi connectivity index (χ0) is 13.0. The van der Waals surface area contributed by atoms with Crippen molar-refractivity contribution in [3.05, 3.63) is 10.8 Å². The number of halogens is 1. The average molecular weight is 315 g/mol. The minimum atomic E-state index is 0.0181. The Bertz CT molecular complexity index is 407. The van der Waals surface area contributed by atoms with E-state index in [1.807, 2.05) is 7.05 Å². The topological polar surface area (TPSA) is 70.1 Å². The van der Waals surface area contributed by atoms with Gasteiger partial charge in [-0.2, -0.15) is 0 Å². The fourth-order valence-electron chi connectivity index (χ4n) is 2.45. The summed E-state index contributed by atoms with van der Waals surface area (Å²) in [5, 5.41) is 15.9. The highest BCUT2D eigenvalue weighted by atomic mass is 79.9. The Balaban J connectivity index is 2.05. The molecular formula is C12H19BrN4O. The van der Waals surface area contributed by atoms with Gasteiger partial charge in [-0.3, -0.25) is 0 Å². The summed E-state index contributed by atoms with van der Waals surface area (Å²) < 4.78 is 0.832. The zero-order valence-corrected chi connectivity index (χ0v) is 12.1. The number of anilines is 2. The van der Waals surface area contributed by atoms with Crippen molar-refractivity contribution in [3.8, 4) is 0 Å². The molecule has 0 aliphatic heterocycles. The second-order valence-electron chi connectivity index (χ2n) is 4.85. The molecule has 1 aliphatic rings. The van der Waals surface area contributed by atoms with Crippen molar-refractivity contribution in [1.29, 1.82) is 0 Å². The van der Waals surface area contributed by atoms with Gasteiger partial charge in [-0.25, -0.2) is 9.97 Å². The van der Waals surface area contributed by atoms with Gasteiger partial charge < -0.3 is 15.7 Å². The lowest BCUT2D eigenvalue weighted by Gasteiger charge is -2.27. The van der Waals surface area contributed by atoms with Gasteiger partial charge in [0.2, 0.25) is 0 Å². The predicted molar refractivity (Wildman–Crippen MR) is 75.8 cm³/mol. The van der Waals surface area contributed by atoms with Gasteiger partial charge in [0.25, 0.3) is 0 Å². The largest absolute Gasteiger partial charge is 0.396 e. The van der Waals surface area contributed by atoms with E-state index in [-0.39, 0.29) is 12.0 Å². The molecule has 0 aromatic carbocycles. The average Bonchev–Trinajstić information content (AvgIpc) is 2.87. The molecule has 0 spiro atoms. The van der Waals surface area contributed by atoms with Crippen LogP contribution in [-0.2, 0) is 0 Å². The second-order valence-corrected chi connectivity index (χ2v) is 5.65. The van der Waals surface area contributed by atoms with Crippen molar-refractivity contribution >= 4 is 27.6 Å². The van der Waals surface area contributed by atoms with E-state index in [4.69, 9.17) is 0 Å². The predicted octanol–water partition coefficient (Wildman–Crippen LogP) is 2.25. The van der Waals surface area contributed by atoms with E-state index in [0.29, 0.717) is 0 Å². The van der Waals surface area contributed by atoms with Crippen molar-refractivity contribution in [1.82, 2.24) is 9.97 Å². The van der Waals surface area contributed by atoms with Gasteiger partial charge in [-0.15, -0.1) is 0 Å². The normalized spacial score (nSPS) is 17.7. The third kappa shape index (κ3) is 2.75. The number of rotatable bonds is 5. The summed E-state index contributed by atoms with van der Waals surface area (Å²) >= 11 is 3.48. The van der Waals surface area contributed by atoms with Gasteiger partial charge in [0.05, 0.1) is 6.61 Å². The fourth-order valence-corrected chi connectivity index (χ4v) is 3.00. The standard InChI is InChI=1S/C12H19BrN4O/c1-14-10-9(13)11(17-8-16-10)15-6-12(7-18)4-2-3-5-12/h8,18H,2-7H2,1H3,(H2,14,15,16,17). The molecule has 1 aromatic rings. The van der Waals surface area contributed by atoms with Crippen LogP contribution >= 0.6 is 15.9 Å². The van der Waals surface area contributed by atoms with E-state index >= 15 is 0 Å². The maximum Gasteiger partial charge on any atom is 0.145 e. The molecule has 1 heterocycles. The third-order valence-corrected chi connectivity index (χ3v) is 4.41. The van der Waals surface area contributed by atoms with Crippen molar-refractivity contribution in [2.75, 3.05) is 30.8 Å². The highest BCUT2D eigenvalue weighted by Gasteiger charge is 2.33. The van der Waals surface area contributed by atoms with Gasteiger partial charge in [-0.05, 0) is 28.8 Å². The van der Waals surface area contributed by atoms with Crippen molar-refractivity contribution < 1.29 is 5.11 Å². The summed E-state index contributed by atoms with van der Waals surface area (Å²) in [4.78, 5) is 8.34. The first-order chi connectivity index (χ1) is 8.71. The molecule has 3 N–H and O–H groups in total. The third-order valence-electron chi connectivity index (χ3n) is 3.66. The van der Waals surface area contributed by atoms with Gasteiger partial charge in [0, 0.05) is 19.0 Å². The van der Waals surface area contributed by atoms with Crippen LogP contribution in [0.5, 0.6) is 0 Å². The summed E-state index contributed by atoms with van der Waals surface area (Å²) in [6.45, 7) is 0.990. The van der Waals surface area contributed by atoms with Crippen LogP contribution in [-0.4, -0.2) is 35.3 Å². The molecule has 5 nitrogen and oxygen atoms in total. The van der Waals surface area contributed by atoms with Crippen LogP contribution < -0.4 is 10.6 Å². The summed E-state index contributed by atoms with van der Waals surface area (Å²) in [5.74, 6) is 1.53. The van der Waals surface area contributed by atoms with Crippen LogP contribution in [0.15, 0.2) is 10.8 Å². The Labute approximate surface area is 116 Å². The number of nitrogens with one attached hydrogen (secondary N) is 2. The van der Waals surface area contributed by atoms with Crippen LogP contribution in [0.4, 0.5) is 11.6 Å². The molecule has 0 bridgehead atoms. The second kappa shape index (κ2) is 5.84. The Morgan fingerprint density at radius 1 is 1.33 bits per heavy atom. The molecule has 0 radical (unpaired) electrons. The van der Waals surface area contributed by atoms with Crippen LogP contribution in [0.3, 0.4) is 0 Å². The van der Waals surface area contributed by atoms with E-state index in [2.05, 4.69) is 36.5 Å². The molecule has 2 rings (SSSR count). The van der Waals surface area contributed by atoms with Crippen molar-refractivity contribution in [2.24, 2.45) is 5.41 Å². The number of hydrogen-bond acceptors (Lipinski definition) is 5. The van der Waals surface area contributed by atoms with Gasteiger partial charge in [0.1, 0.15) is 22.4 Å². The Morgan fingerprint density at radius 2 is 2.00 bits per heavy atom. The lowest BCUT2D eigenvalue weighted by Crippen LogP contribution is -2.30. The van der Waals surface area contributed by atoms with E-state index < -0.39 is 0 Å². The number of aromatic nitrogens is 2. The maximum absolute atomic E-state index is 9.57. The molecule has 6 heteroatoms. The lowest BCUT2D eigenvalue weighted by atomic mass is 9.87. The molecule has 0 atom stereocenters.